The summed E-state index contributed by atoms with van der Waals surface area (Å²) >= 11 is 6.02. The number of likely N-dealkylation sites (tertiary alicyclic amines) is 2. The summed E-state index contributed by atoms with van der Waals surface area (Å²) in [7, 11) is 0. The fourth-order valence-corrected chi connectivity index (χ4v) is 5.58. The molecule has 200 valence electrons. The summed E-state index contributed by atoms with van der Waals surface area (Å²) in [6.07, 6.45) is 5.01. The van der Waals surface area contributed by atoms with Crippen LogP contribution >= 0.6 is 11.6 Å². The third-order valence-electron chi connectivity index (χ3n) is 7.50. The molecule has 2 aliphatic heterocycles. The molecule has 1 aromatic heterocycles. The molecule has 2 fully saturated rings. The summed E-state index contributed by atoms with van der Waals surface area (Å²) in [5, 5.41) is 0.620. The molecule has 2 saturated heterocycles. The summed E-state index contributed by atoms with van der Waals surface area (Å²) in [5.41, 5.74) is -0.230. The van der Waals surface area contributed by atoms with E-state index in [-0.39, 0.29) is 17.6 Å². The zero-order valence-corrected chi connectivity index (χ0v) is 22.1. The van der Waals surface area contributed by atoms with Crippen LogP contribution in [0.2, 0.25) is 5.02 Å². The molecule has 0 radical (unpaired) electrons. The fourth-order valence-electron chi connectivity index (χ4n) is 5.45. The first kappa shape index (κ1) is 26.3. The number of amides is 2. The quantitative estimate of drug-likeness (QED) is 0.347. The number of benzene rings is 2. The van der Waals surface area contributed by atoms with Crippen LogP contribution in [0.4, 0.5) is 4.39 Å². The van der Waals surface area contributed by atoms with Crippen LogP contribution in [0.25, 0.3) is 11.3 Å². The Labute approximate surface area is 227 Å². The van der Waals surface area contributed by atoms with E-state index in [9.17, 15) is 14.0 Å². The highest BCUT2D eigenvalue weighted by atomic mass is 35.5. The van der Waals surface area contributed by atoms with Crippen molar-refractivity contribution in [3.63, 3.8) is 0 Å². The Kier molecular flexibility index (Phi) is 8.03. The maximum absolute atomic E-state index is 14.3. The van der Waals surface area contributed by atoms with Gasteiger partial charge in [0.25, 0.3) is 5.91 Å². The van der Waals surface area contributed by atoms with E-state index in [0.717, 1.165) is 45.2 Å². The van der Waals surface area contributed by atoms with Gasteiger partial charge in [0.1, 0.15) is 17.3 Å². The predicted molar refractivity (Wildman–Crippen MR) is 144 cm³/mol. The molecule has 3 aromatic rings. The smallest absolute Gasteiger partial charge is 0.289 e. The normalized spacial score (nSPS) is 19.8. The molecular formula is C30H32ClFN2O4. The highest BCUT2D eigenvalue weighted by Crippen LogP contribution is 2.37. The molecule has 38 heavy (non-hydrogen) atoms. The number of piperidine rings is 2. The second-order valence-corrected chi connectivity index (χ2v) is 10.8. The van der Waals surface area contributed by atoms with Gasteiger partial charge in [-0.25, -0.2) is 4.39 Å². The summed E-state index contributed by atoms with van der Waals surface area (Å²) in [6, 6.07) is 16.7. The lowest BCUT2D eigenvalue weighted by atomic mass is 9.77. The molecule has 1 atom stereocenters. The van der Waals surface area contributed by atoms with Crippen LogP contribution < -0.4 is 4.74 Å². The van der Waals surface area contributed by atoms with Gasteiger partial charge in [0, 0.05) is 43.0 Å². The van der Waals surface area contributed by atoms with Gasteiger partial charge in [-0.05, 0) is 80.6 Å². The highest BCUT2D eigenvalue weighted by molar-refractivity contribution is 6.30. The Morgan fingerprint density at radius 3 is 2.42 bits per heavy atom. The van der Waals surface area contributed by atoms with Gasteiger partial charge in [0.2, 0.25) is 5.91 Å². The molecule has 3 heterocycles. The fraction of sp³-hybridized carbons (Fsp3) is 0.400. The van der Waals surface area contributed by atoms with E-state index in [2.05, 4.69) is 0 Å². The summed E-state index contributed by atoms with van der Waals surface area (Å²) in [5.74, 6) is 0.560. The van der Waals surface area contributed by atoms with E-state index in [4.69, 9.17) is 20.8 Å². The van der Waals surface area contributed by atoms with Gasteiger partial charge in [-0.2, -0.15) is 0 Å². The zero-order chi connectivity index (χ0) is 26.5. The SMILES string of the molecule is O=C(C[C@]1(COc2ccc(Cl)cc2)CCCN(C(=O)c2ccc(-c3ccccc3F)o2)C1)N1CCCCC1. The molecule has 0 bridgehead atoms. The Hall–Kier alpha value is -3.32. The van der Waals surface area contributed by atoms with Crippen molar-refractivity contribution < 1.29 is 23.1 Å². The maximum Gasteiger partial charge on any atom is 0.289 e. The molecule has 0 saturated carbocycles. The van der Waals surface area contributed by atoms with Gasteiger partial charge in [-0.3, -0.25) is 9.59 Å². The molecule has 0 aliphatic carbocycles. The monoisotopic (exact) mass is 538 g/mol. The van der Waals surface area contributed by atoms with Gasteiger partial charge in [-0.15, -0.1) is 0 Å². The van der Waals surface area contributed by atoms with Crippen molar-refractivity contribution in [1.82, 2.24) is 9.80 Å². The lowest BCUT2D eigenvalue weighted by Gasteiger charge is -2.43. The molecule has 2 aliphatic rings. The predicted octanol–water partition coefficient (Wildman–Crippen LogP) is 6.44. The number of furan rings is 1. The van der Waals surface area contributed by atoms with E-state index in [1.807, 2.05) is 4.90 Å². The highest BCUT2D eigenvalue weighted by Gasteiger charge is 2.41. The van der Waals surface area contributed by atoms with Crippen molar-refractivity contribution >= 4 is 23.4 Å². The van der Waals surface area contributed by atoms with Crippen LogP contribution in [-0.4, -0.2) is 54.4 Å². The van der Waals surface area contributed by atoms with Crippen LogP contribution in [0.1, 0.15) is 49.1 Å². The van der Waals surface area contributed by atoms with E-state index >= 15 is 0 Å². The first-order chi connectivity index (χ1) is 18.4. The molecule has 0 spiro atoms. The van der Waals surface area contributed by atoms with Crippen molar-refractivity contribution in [2.45, 2.75) is 38.5 Å². The number of hydrogen-bond donors (Lipinski definition) is 0. The average molecular weight is 539 g/mol. The van der Waals surface area contributed by atoms with Crippen LogP contribution in [-0.2, 0) is 4.79 Å². The number of carbonyl (C=O) groups is 2. The van der Waals surface area contributed by atoms with Crippen molar-refractivity contribution in [2.24, 2.45) is 5.41 Å². The average Bonchev–Trinajstić information content (AvgIpc) is 3.43. The van der Waals surface area contributed by atoms with Gasteiger partial charge in [-0.1, -0.05) is 23.7 Å². The Morgan fingerprint density at radius 1 is 0.921 bits per heavy atom. The first-order valence-corrected chi connectivity index (χ1v) is 13.6. The third kappa shape index (κ3) is 6.04. The van der Waals surface area contributed by atoms with Gasteiger partial charge in [0.05, 0.1) is 12.2 Å². The second kappa shape index (κ2) is 11.6. The molecule has 5 rings (SSSR count). The molecule has 2 amide bonds. The third-order valence-corrected chi connectivity index (χ3v) is 7.75. The van der Waals surface area contributed by atoms with E-state index in [0.29, 0.717) is 48.2 Å². The minimum atomic E-state index is -0.539. The van der Waals surface area contributed by atoms with Crippen LogP contribution in [0.15, 0.2) is 65.1 Å². The topological polar surface area (TPSA) is 63.0 Å². The van der Waals surface area contributed by atoms with Gasteiger partial charge in [0.15, 0.2) is 5.76 Å². The van der Waals surface area contributed by atoms with Crippen LogP contribution in [0, 0.1) is 11.2 Å². The van der Waals surface area contributed by atoms with Crippen LogP contribution in [0.3, 0.4) is 0 Å². The molecular weight excluding hydrogens is 507 g/mol. The first-order valence-electron chi connectivity index (χ1n) is 13.2. The van der Waals surface area contributed by atoms with Crippen molar-refractivity contribution in [3.8, 4) is 17.1 Å². The zero-order valence-electron chi connectivity index (χ0n) is 21.3. The minimum absolute atomic E-state index is 0.110. The summed E-state index contributed by atoms with van der Waals surface area (Å²) < 4.78 is 26.2. The number of rotatable bonds is 7. The van der Waals surface area contributed by atoms with Crippen molar-refractivity contribution in [2.75, 3.05) is 32.8 Å². The largest absolute Gasteiger partial charge is 0.493 e. The lowest BCUT2D eigenvalue weighted by Crippen LogP contribution is -2.51. The van der Waals surface area contributed by atoms with Crippen molar-refractivity contribution in [1.29, 1.82) is 0 Å². The molecule has 6 nitrogen and oxygen atoms in total. The Balaban J connectivity index is 1.34. The second-order valence-electron chi connectivity index (χ2n) is 10.3. The van der Waals surface area contributed by atoms with Gasteiger partial charge < -0.3 is 19.0 Å². The summed E-state index contributed by atoms with van der Waals surface area (Å²) in [4.78, 5) is 30.5. The maximum atomic E-state index is 14.3. The minimum Gasteiger partial charge on any atom is -0.493 e. The van der Waals surface area contributed by atoms with E-state index in [1.54, 1.807) is 59.5 Å². The molecule has 8 heteroatoms. The number of ether oxygens (including phenoxy) is 1. The number of halogens is 2. The molecule has 2 aromatic carbocycles. The standard InChI is InChI=1S/C30H32ClFN2O4/c31-22-9-11-23(12-10-22)37-21-30(19-28(35)33-16-4-1-5-17-33)15-6-18-34(20-30)29(36)27-14-13-26(38-27)24-7-2-3-8-25(24)32/h2-3,7-14H,1,4-6,15-21H2/t30-/m1/s1. The number of carbonyl (C=O) groups excluding carboxylic acids is 2. The van der Waals surface area contributed by atoms with E-state index in [1.165, 1.54) is 6.07 Å². The number of hydrogen-bond acceptors (Lipinski definition) is 4. The molecule has 0 unspecified atom stereocenters. The molecule has 0 N–H and O–H groups in total. The Morgan fingerprint density at radius 2 is 1.66 bits per heavy atom. The lowest BCUT2D eigenvalue weighted by molar-refractivity contribution is -0.136. The number of nitrogens with zero attached hydrogens (tertiary/aromatic N) is 2. The Bertz CT molecular complexity index is 1270. The summed E-state index contributed by atoms with van der Waals surface area (Å²) in [6.45, 7) is 2.78. The van der Waals surface area contributed by atoms with Crippen LogP contribution in [0.5, 0.6) is 5.75 Å². The van der Waals surface area contributed by atoms with E-state index < -0.39 is 11.2 Å². The van der Waals surface area contributed by atoms with Crippen molar-refractivity contribution in [3.05, 3.63) is 77.3 Å². The van der Waals surface area contributed by atoms with Gasteiger partial charge >= 0.3 is 0 Å².